The highest BCUT2D eigenvalue weighted by Crippen LogP contribution is 2.27. The molecule has 1 aromatic carbocycles. The molecule has 1 aliphatic rings. The molecular weight excluding hydrogens is 332 g/mol. The van der Waals surface area contributed by atoms with Gasteiger partial charge in [0, 0.05) is 12.1 Å². The molecule has 1 aliphatic heterocycles. The quantitative estimate of drug-likeness (QED) is 0.812. The van der Waals surface area contributed by atoms with Crippen molar-refractivity contribution >= 4 is 23.4 Å². The highest BCUT2D eigenvalue weighted by molar-refractivity contribution is 6.30. The lowest BCUT2D eigenvalue weighted by atomic mass is 10.00. The molecule has 6 nitrogen and oxygen atoms in total. The van der Waals surface area contributed by atoms with Crippen molar-refractivity contribution in [3.8, 4) is 5.75 Å². The van der Waals surface area contributed by atoms with Crippen LogP contribution in [0.25, 0.3) is 0 Å². The van der Waals surface area contributed by atoms with Gasteiger partial charge in [-0.15, -0.1) is 0 Å². The Morgan fingerprint density at radius 1 is 1.42 bits per heavy atom. The van der Waals surface area contributed by atoms with E-state index in [0.717, 1.165) is 11.3 Å². The molecule has 2 N–H and O–H groups in total. The molecule has 132 valence electrons. The molecule has 0 saturated carbocycles. The fourth-order valence-corrected chi connectivity index (χ4v) is 2.77. The summed E-state index contributed by atoms with van der Waals surface area (Å²) >= 11 is 5.95. The van der Waals surface area contributed by atoms with Crippen molar-refractivity contribution in [1.82, 2.24) is 10.6 Å². The van der Waals surface area contributed by atoms with Crippen LogP contribution in [-0.4, -0.2) is 44.2 Å². The number of nitrogens with one attached hydrogen (secondary N) is 2. The largest absolute Gasteiger partial charge is 0.491 e. The van der Waals surface area contributed by atoms with Gasteiger partial charge in [0.1, 0.15) is 25.0 Å². The third-order valence-electron chi connectivity index (χ3n) is 3.82. The zero-order valence-electron chi connectivity index (χ0n) is 14.1. The molecule has 0 radical (unpaired) electrons. The lowest BCUT2D eigenvalue weighted by molar-refractivity contribution is -0.132. The summed E-state index contributed by atoms with van der Waals surface area (Å²) in [6, 6.07) is 4.72. The average molecular weight is 355 g/mol. The van der Waals surface area contributed by atoms with Gasteiger partial charge in [0.05, 0.1) is 6.04 Å². The van der Waals surface area contributed by atoms with Gasteiger partial charge in [-0.25, -0.2) is 0 Å². The molecule has 2 amide bonds. The minimum absolute atomic E-state index is 0.0404. The maximum absolute atomic E-state index is 12.5. The predicted molar refractivity (Wildman–Crippen MR) is 91.2 cm³/mol. The van der Waals surface area contributed by atoms with E-state index in [4.69, 9.17) is 21.1 Å². The van der Waals surface area contributed by atoms with Crippen LogP contribution in [0, 0.1) is 5.92 Å². The Bertz CT molecular complexity index is 606. The molecule has 7 heteroatoms. The Morgan fingerprint density at radius 2 is 2.17 bits per heavy atom. The minimum atomic E-state index is -0.612. The van der Waals surface area contributed by atoms with Gasteiger partial charge in [-0.3, -0.25) is 9.59 Å². The summed E-state index contributed by atoms with van der Waals surface area (Å²) < 4.78 is 10.5. The topological polar surface area (TPSA) is 76.7 Å². The number of amides is 2. The fourth-order valence-electron chi connectivity index (χ4n) is 2.61. The number of benzene rings is 1. The van der Waals surface area contributed by atoms with E-state index in [1.807, 2.05) is 19.9 Å². The Balaban J connectivity index is 1.97. The Labute approximate surface area is 146 Å². The predicted octanol–water partition coefficient (Wildman–Crippen LogP) is 1.55. The van der Waals surface area contributed by atoms with Gasteiger partial charge >= 0.3 is 0 Å². The Hall–Kier alpha value is -1.79. The first-order chi connectivity index (χ1) is 11.4. The number of carbonyl (C=O) groups excluding carboxylic acids is 2. The summed E-state index contributed by atoms with van der Waals surface area (Å²) in [5.41, 5.74) is 1.00. The van der Waals surface area contributed by atoms with Gasteiger partial charge in [0.25, 0.3) is 0 Å². The van der Waals surface area contributed by atoms with Crippen molar-refractivity contribution in [3.63, 3.8) is 0 Å². The van der Waals surface area contributed by atoms with Crippen molar-refractivity contribution in [1.29, 1.82) is 0 Å². The highest BCUT2D eigenvalue weighted by Gasteiger charge is 2.28. The number of ether oxygens (including phenoxy) is 2. The lowest BCUT2D eigenvalue weighted by Gasteiger charge is -2.29. The van der Waals surface area contributed by atoms with Gasteiger partial charge in [-0.05, 0) is 30.0 Å². The first kappa shape index (κ1) is 18.5. The van der Waals surface area contributed by atoms with Crippen molar-refractivity contribution in [2.75, 3.05) is 20.3 Å². The van der Waals surface area contributed by atoms with Crippen LogP contribution in [0.1, 0.15) is 19.4 Å². The van der Waals surface area contributed by atoms with E-state index in [1.54, 1.807) is 12.1 Å². The van der Waals surface area contributed by atoms with Gasteiger partial charge in [0.15, 0.2) is 0 Å². The number of hydrogen-bond acceptors (Lipinski definition) is 4. The number of halogens is 1. The van der Waals surface area contributed by atoms with Crippen LogP contribution in [0.2, 0.25) is 5.02 Å². The molecule has 1 aromatic rings. The third-order valence-corrected chi connectivity index (χ3v) is 4.06. The van der Waals surface area contributed by atoms with Crippen molar-refractivity contribution in [2.45, 2.75) is 32.4 Å². The smallest absolute Gasteiger partial charge is 0.246 e. The van der Waals surface area contributed by atoms with Gasteiger partial charge in [0.2, 0.25) is 11.8 Å². The van der Waals surface area contributed by atoms with E-state index in [-0.39, 0.29) is 30.4 Å². The fraction of sp³-hybridized carbons (Fsp3) is 0.529. The van der Waals surface area contributed by atoms with Gasteiger partial charge in [-0.1, -0.05) is 31.5 Å². The lowest BCUT2D eigenvalue weighted by Crippen LogP contribution is -2.54. The number of fused-ring (bicyclic) bond motifs is 1. The zero-order valence-corrected chi connectivity index (χ0v) is 14.9. The van der Waals surface area contributed by atoms with E-state index < -0.39 is 6.04 Å². The van der Waals surface area contributed by atoms with E-state index in [0.29, 0.717) is 18.1 Å². The molecule has 1 heterocycles. The van der Waals surface area contributed by atoms with Crippen LogP contribution < -0.4 is 15.4 Å². The van der Waals surface area contributed by atoms with Crippen LogP contribution >= 0.6 is 11.6 Å². The Kier molecular flexibility index (Phi) is 6.45. The molecule has 1 unspecified atom stereocenters. The summed E-state index contributed by atoms with van der Waals surface area (Å²) in [5, 5.41) is 6.27. The number of rotatable bonds is 6. The molecule has 2 atom stereocenters. The van der Waals surface area contributed by atoms with E-state index >= 15 is 0 Å². The summed E-state index contributed by atoms with van der Waals surface area (Å²) in [7, 11) is 1.44. The molecule has 0 fully saturated rings. The zero-order chi connectivity index (χ0) is 17.7. The SMILES string of the molecule is COCC(=O)N[C@H](C(=O)NC1COc2cc(Cl)ccc2C1)C(C)C. The second-order valence-corrected chi connectivity index (χ2v) is 6.63. The highest BCUT2D eigenvalue weighted by atomic mass is 35.5. The number of hydrogen-bond donors (Lipinski definition) is 2. The van der Waals surface area contributed by atoms with Crippen LogP contribution in [0.3, 0.4) is 0 Å². The van der Waals surface area contributed by atoms with Crippen LogP contribution in [0.4, 0.5) is 0 Å². The molecule has 0 bridgehead atoms. The van der Waals surface area contributed by atoms with E-state index in [2.05, 4.69) is 10.6 Å². The third kappa shape index (κ3) is 4.85. The Morgan fingerprint density at radius 3 is 2.83 bits per heavy atom. The maximum Gasteiger partial charge on any atom is 0.246 e. The monoisotopic (exact) mass is 354 g/mol. The van der Waals surface area contributed by atoms with Crippen LogP contribution in [-0.2, 0) is 20.7 Å². The van der Waals surface area contributed by atoms with E-state index in [1.165, 1.54) is 7.11 Å². The van der Waals surface area contributed by atoms with Crippen LogP contribution in [0.15, 0.2) is 18.2 Å². The first-order valence-electron chi connectivity index (χ1n) is 7.90. The summed E-state index contributed by atoms with van der Waals surface area (Å²) in [6.07, 6.45) is 0.662. The molecule has 24 heavy (non-hydrogen) atoms. The van der Waals surface area contributed by atoms with Crippen molar-refractivity contribution < 1.29 is 19.1 Å². The summed E-state index contributed by atoms with van der Waals surface area (Å²) in [4.78, 5) is 24.2. The normalized spacial score (nSPS) is 17.6. The maximum atomic E-state index is 12.5. The van der Waals surface area contributed by atoms with Gasteiger partial charge in [-0.2, -0.15) is 0 Å². The molecular formula is C17H23ClN2O4. The standard InChI is InChI=1S/C17H23ClN2O4/c1-10(2)16(20-15(21)9-23-3)17(22)19-13-6-11-4-5-12(18)7-14(11)24-8-13/h4-5,7,10,13,16H,6,8-9H2,1-3H3,(H,19,22)(H,20,21)/t13?,16-/m0/s1. The van der Waals surface area contributed by atoms with Crippen LogP contribution in [0.5, 0.6) is 5.75 Å². The summed E-state index contributed by atoms with van der Waals surface area (Å²) in [5.74, 6) is 0.176. The second kappa shape index (κ2) is 8.35. The molecule has 0 aliphatic carbocycles. The van der Waals surface area contributed by atoms with Crippen molar-refractivity contribution in [3.05, 3.63) is 28.8 Å². The number of methoxy groups -OCH3 is 1. The average Bonchev–Trinajstić information content (AvgIpc) is 2.52. The molecule has 0 spiro atoms. The first-order valence-corrected chi connectivity index (χ1v) is 8.28. The molecule has 0 saturated heterocycles. The molecule has 2 rings (SSSR count). The number of carbonyl (C=O) groups is 2. The molecule has 0 aromatic heterocycles. The second-order valence-electron chi connectivity index (χ2n) is 6.19. The van der Waals surface area contributed by atoms with E-state index in [9.17, 15) is 9.59 Å². The minimum Gasteiger partial charge on any atom is -0.491 e. The van der Waals surface area contributed by atoms with Crippen molar-refractivity contribution in [2.24, 2.45) is 5.92 Å². The summed E-state index contributed by atoms with van der Waals surface area (Å²) in [6.45, 7) is 4.06. The van der Waals surface area contributed by atoms with Gasteiger partial charge < -0.3 is 20.1 Å².